The van der Waals surface area contributed by atoms with Crippen LogP contribution in [0.1, 0.15) is 6.92 Å². The summed E-state index contributed by atoms with van der Waals surface area (Å²) in [6.45, 7) is 4.76. The lowest BCUT2D eigenvalue weighted by molar-refractivity contribution is 0.172. The van der Waals surface area contributed by atoms with Gasteiger partial charge in [0.15, 0.2) is 11.5 Å². The Morgan fingerprint density at radius 3 is 2.80 bits per heavy atom. The Bertz CT molecular complexity index is 615. The number of nitrogens with two attached hydrogens (primary N) is 1. The zero-order valence-electron chi connectivity index (χ0n) is 11.6. The van der Waals surface area contributed by atoms with Crippen LogP contribution >= 0.6 is 0 Å². The van der Waals surface area contributed by atoms with Gasteiger partial charge in [0.1, 0.15) is 19.0 Å². The van der Waals surface area contributed by atoms with Crippen molar-refractivity contribution in [1.29, 1.82) is 0 Å². The molecule has 5 nitrogen and oxygen atoms in total. The first-order valence-electron chi connectivity index (χ1n) is 6.90. The van der Waals surface area contributed by atoms with Gasteiger partial charge >= 0.3 is 0 Å². The van der Waals surface area contributed by atoms with Crippen LogP contribution in [0, 0.1) is 5.92 Å². The second kappa shape index (κ2) is 5.54. The van der Waals surface area contributed by atoms with Crippen LogP contribution in [0.3, 0.4) is 0 Å². The van der Waals surface area contributed by atoms with Crippen LogP contribution in [0.5, 0.6) is 11.5 Å². The van der Waals surface area contributed by atoms with Gasteiger partial charge in [-0.25, -0.2) is 4.98 Å². The molecule has 0 fully saturated rings. The zero-order valence-corrected chi connectivity index (χ0v) is 11.6. The third-order valence-electron chi connectivity index (χ3n) is 3.45. The predicted octanol–water partition coefficient (Wildman–Crippen LogP) is 2.01. The van der Waals surface area contributed by atoms with Crippen molar-refractivity contribution in [2.24, 2.45) is 11.7 Å². The lowest BCUT2D eigenvalue weighted by atomic mass is 10.1. The summed E-state index contributed by atoms with van der Waals surface area (Å²) < 4.78 is 11.2. The number of aromatic nitrogens is 1. The minimum atomic E-state index is 0.407. The highest BCUT2D eigenvalue weighted by Crippen LogP contribution is 2.36. The van der Waals surface area contributed by atoms with Crippen LogP contribution in [0.25, 0.3) is 10.8 Å². The van der Waals surface area contributed by atoms with Crippen molar-refractivity contribution < 1.29 is 9.47 Å². The highest BCUT2D eigenvalue weighted by atomic mass is 16.6. The van der Waals surface area contributed by atoms with Gasteiger partial charge in [0, 0.05) is 18.1 Å². The summed E-state index contributed by atoms with van der Waals surface area (Å²) in [4.78, 5) is 4.41. The van der Waals surface area contributed by atoms with E-state index in [9.17, 15) is 0 Å². The molecule has 3 N–H and O–H groups in total. The number of hydrogen-bond donors (Lipinski definition) is 2. The van der Waals surface area contributed by atoms with Gasteiger partial charge in [0.25, 0.3) is 0 Å². The smallest absolute Gasteiger partial charge is 0.162 e. The van der Waals surface area contributed by atoms with Crippen molar-refractivity contribution in [3.8, 4) is 11.5 Å². The largest absolute Gasteiger partial charge is 0.486 e. The summed E-state index contributed by atoms with van der Waals surface area (Å²) in [5.74, 6) is 2.85. The van der Waals surface area contributed by atoms with Gasteiger partial charge in [-0.15, -0.1) is 0 Å². The van der Waals surface area contributed by atoms with Gasteiger partial charge in [-0.2, -0.15) is 0 Å². The Labute approximate surface area is 118 Å². The van der Waals surface area contributed by atoms with Crippen LogP contribution < -0.4 is 20.5 Å². The molecule has 0 bridgehead atoms. The van der Waals surface area contributed by atoms with Crippen molar-refractivity contribution >= 4 is 16.6 Å². The second-order valence-electron chi connectivity index (χ2n) is 5.10. The molecular weight excluding hydrogens is 254 g/mol. The molecule has 0 amide bonds. The third-order valence-corrected chi connectivity index (χ3v) is 3.45. The van der Waals surface area contributed by atoms with Gasteiger partial charge in [-0.3, -0.25) is 0 Å². The molecule has 3 rings (SSSR count). The van der Waals surface area contributed by atoms with E-state index >= 15 is 0 Å². The minimum absolute atomic E-state index is 0.407. The highest BCUT2D eigenvalue weighted by Gasteiger charge is 2.14. The monoisotopic (exact) mass is 273 g/mol. The van der Waals surface area contributed by atoms with Crippen LogP contribution in [0.15, 0.2) is 24.4 Å². The number of nitrogens with zero attached hydrogens (tertiary/aromatic N) is 1. The first kappa shape index (κ1) is 13.0. The molecule has 5 heteroatoms. The fourth-order valence-electron chi connectivity index (χ4n) is 2.20. The van der Waals surface area contributed by atoms with E-state index in [0.29, 0.717) is 25.7 Å². The lowest BCUT2D eigenvalue weighted by Gasteiger charge is -2.20. The molecule has 0 saturated carbocycles. The second-order valence-corrected chi connectivity index (χ2v) is 5.10. The Balaban J connectivity index is 1.96. The molecule has 106 valence electrons. The van der Waals surface area contributed by atoms with Crippen LogP contribution in [0.2, 0.25) is 0 Å². The SMILES string of the molecule is CC(CN)CNc1nccc2cc3c(cc12)OCCO3. The van der Waals surface area contributed by atoms with E-state index in [-0.39, 0.29) is 0 Å². The van der Waals surface area contributed by atoms with Gasteiger partial charge in [0.05, 0.1) is 0 Å². The summed E-state index contributed by atoms with van der Waals surface area (Å²) in [6.07, 6.45) is 1.80. The molecule has 0 aliphatic carbocycles. The van der Waals surface area contributed by atoms with Gasteiger partial charge in [-0.1, -0.05) is 6.92 Å². The first-order chi connectivity index (χ1) is 9.78. The first-order valence-corrected chi connectivity index (χ1v) is 6.90. The molecule has 1 atom stereocenters. The van der Waals surface area contributed by atoms with Crippen molar-refractivity contribution in [3.63, 3.8) is 0 Å². The predicted molar refractivity (Wildman–Crippen MR) is 79.4 cm³/mol. The van der Waals surface area contributed by atoms with Gasteiger partial charge < -0.3 is 20.5 Å². The number of fused-ring (bicyclic) bond motifs is 2. The Morgan fingerprint density at radius 2 is 2.05 bits per heavy atom. The molecule has 1 aliphatic heterocycles. The molecule has 0 radical (unpaired) electrons. The lowest BCUT2D eigenvalue weighted by Crippen LogP contribution is -2.20. The van der Waals surface area contributed by atoms with Crippen molar-refractivity contribution in [3.05, 3.63) is 24.4 Å². The van der Waals surface area contributed by atoms with E-state index < -0.39 is 0 Å². The van der Waals surface area contributed by atoms with Crippen LogP contribution in [-0.2, 0) is 0 Å². The molecule has 1 aromatic carbocycles. The fraction of sp³-hybridized carbons (Fsp3) is 0.400. The summed E-state index contributed by atoms with van der Waals surface area (Å²) in [5.41, 5.74) is 5.64. The Morgan fingerprint density at radius 1 is 1.30 bits per heavy atom. The molecule has 1 unspecified atom stereocenters. The summed E-state index contributed by atoms with van der Waals surface area (Å²) in [7, 11) is 0. The van der Waals surface area contributed by atoms with E-state index in [1.165, 1.54) is 0 Å². The molecule has 2 aromatic rings. The number of hydrogen-bond acceptors (Lipinski definition) is 5. The van der Waals surface area contributed by atoms with E-state index in [2.05, 4.69) is 17.2 Å². The van der Waals surface area contributed by atoms with Crippen molar-refractivity contribution in [1.82, 2.24) is 4.98 Å². The normalized spacial score (nSPS) is 15.1. The quantitative estimate of drug-likeness (QED) is 0.892. The van der Waals surface area contributed by atoms with Crippen molar-refractivity contribution in [2.45, 2.75) is 6.92 Å². The van der Waals surface area contributed by atoms with E-state index in [1.54, 1.807) is 6.20 Å². The molecule has 1 aliphatic rings. The Hall–Kier alpha value is -2.01. The third kappa shape index (κ3) is 2.49. The topological polar surface area (TPSA) is 69.4 Å². The van der Waals surface area contributed by atoms with Crippen LogP contribution in [-0.4, -0.2) is 31.3 Å². The summed E-state index contributed by atoms with van der Waals surface area (Å²) in [5, 5.41) is 5.49. The van der Waals surface area contributed by atoms with Crippen molar-refractivity contribution in [2.75, 3.05) is 31.6 Å². The number of pyridine rings is 1. The molecule has 1 aromatic heterocycles. The summed E-state index contributed by atoms with van der Waals surface area (Å²) >= 11 is 0. The van der Waals surface area contributed by atoms with Gasteiger partial charge in [-0.05, 0) is 36.0 Å². The molecule has 20 heavy (non-hydrogen) atoms. The maximum atomic E-state index is 5.64. The number of ether oxygens (including phenoxy) is 2. The minimum Gasteiger partial charge on any atom is -0.486 e. The average Bonchev–Trinajstić information content (AvgIpc) is 2.50. The molecular formula is C15H19N3O2. The van der Waals surface area contributed by atoms with E-state index in [1.807, 2.05) is 18.2 Å². The molecule has 0 spiro atoms. The molecule has 0 saturated heterocycles. The molecule has 2 heterocycles. The standard InChI is InChI=1S/C15H19N3O2/c1-10(8-16)9-18-15-12-7-14-13(19-4-5-20-14)6-11(12)2-3-17-15/h2-3,6-7,10H,4-5,8-9,16H2,1H3,(H,17,18). The maximum Gasteiger partial charge on any atom is 0.162 e. The Kier molecular flexibility index (Phi) is 3.60. The number of nitrogens with one attached hydrogen (secondary N) is 1. The average molecular weight is 273 g/mol. The van der Waals surface area contributed by atoms with Crippen LogP contribution in [0.4, 0.5) is 5.82 Å². The zero-order chi connectivity index (χ0) is 13.9. The number of rotatable bonds is 4. The fourth-order valence-corrected chi connectivity index (χ4v) is 2.20. The van der Waals surface area contributed by atoms with E-state index in [0.717, 1.165) is 34.6 Å². The number of anilines is 1. The maximum absolute atomic E-state index is 5.64. The van der Waals surface area contributed by atoms with Gasteiger partial charge in [0.2, 0.25) is 0 Å². The summed E-state index contributed by atoms with van der Waals surface area (Å²) in [6, 6.07) is 5.97. The van der Waals surface area contributed by atoms with E-state index in [4.69, 9.17) is 15.2 Å². The number of benzene rings is 1. The highest BCUT2D eigenvalue weighted by molar-refractivity contribution is 5.94.